The van der Waals surface area contributed by atoms with Gasteiger partial charge in [-0.15, -0.1) is 0 Å². The fourth-order valence-electron chi connectivity index (χ4n) is 3.17. The molecular weight excluding hydrogens is 403 g/mol. The SMILES string of the molecule is Cc1ccccc1-c1nc(S(=O)(=O)c2ccccc2)c(C(N)c2ccc(F)cc2)o1. The number of nitrogens with two attached hydrogens (primary N) is 1. The Hall–Kier alpha value is -3.29. The number of sulfone groups is 1. The van der Waals surface area contributed by atoms with Crippen LogP contribution in [-0.4, -0.2) is 13.4 Å². The summed E-state index contributed by atoms with van der Waals surface area (Å²) in [6, 6.07) is 19.9. The molecule has 0 radical (unpaired) electrons. The molecule has 0 amide bonds. The molecule has 4 rings (SSSR count). The van der Waals surface area contributed by atoms with E-state index in [-0.39, 0.29) is 21.6 Å². The van der Waals surface area contributed by atoms with Gasteiger partial charge >= 0.3 is 0 Å². The standard InChI is InChI=1S/C23H19FN2O3S/c1-15-7-5-6-10-19(15)22-26-23(30(27,28)18-8-3-2-4-9-18)21(29-22)20(25)16-11-13-17(24)14-12-16/h2-14,20H,25H2,1H3. The molecule has 1 heterocycles. The monoisotopic (exact) mass is 422 g/mol. The third kappa shape index (κ3) is 3.65. The second kappa shape index (κ2) is 7.85. The number of hydrogen-bond donors (Lipinski definition) is 1. The van der Waals surface area contributed by atoms with Crippen molar-refractivity contribution in [2.24, 2.45) is 5.73 Å². The van der Waals surface area contributed by atoms with Gasteiger partial charge in [0.25, 0.3) is 0 Å². The van der Waals surface area contributed by atoms with Gasteiger partial charge in [-0.3, -0.25) is 0 Å². The van der Waals surface area contributed by atoms with Gasteiger partial charge in [-0.25, -0.2) is 12.8 Å². The van der Waals surface area contributed by atoms with E-state index in [4.69, 9.17) is 10.2 Å². The molecule has 2 N–H and O–H groups in total. The number of nitrogens with zero attached hydrogens (tertiary/aromatic N) is 1. The van der Waals surface area contributed by atoms with Gasteiger partial charge in [-0.1, -0.05) is 48.5 Å². The lowest BCUT2D eigenvalue weighted by Crippen LogP contribution is -2.15. The molecule has 0 fully saturated rings. The fourth-order valence-corrected chi connectivity index (χ4v) is 4.54. The number of oxazole rings is 1. The van der Waals surface area contributed by atoms with Crippen molar-refractivity contribution in [1.29, 1.82) is 0 Å². The van der Waals surface area contributed by atoms with Crippen molar-refractivity contribution >= 4 is 9.84 Å². The third-order valence-corrected chi connectivity index (χ3v) is 6.51. The fraction of sp³-hybridized carbons (Fsp3) is 0.0870. The van der Waals surface area contributed by atoms with Crippen LogP contribution in [0.3, 0.4) is 0 Å². The summed E-state index contributed by atoms with van der Waals surface area (Å²) >= 11 is 0. The maximum Gasteiger partial charge on any atom is 0.227 e. The van der Waals surface area contributed by atoms with Crippen molar-refractivity contribution in [3.8, 4) is 11.5 Å². The molecule has 152 valence electrons. The molecule has 0 spiro atoms. The number of hydrogen-bond acceptors (Lipinski definition) is 5. The van der Waals surface area contributed by atoms with E-state index >= 15 is 0 Å². The first-order chi connectivity index (χ1) is 14.4. The number of aryl methyl sites for hydroxylation is 1. The summed E-state index contributed by atoms with van der Waals surface area (Å²) in [5, 5.41) is -0.247. The zero-order chi connectivity index (χ0) is 21.3. The van der Waals surface area contributed by atoms with Crippen LogP contribution in [0.15, 0.2) is 93.2 Å². The lowest BCUT2D eigenvalue weighted by atomic mass is 10.1. The lowest BCUT2D eigenvalue weighted by Gasteiger charge is -2.11. The highest BCUT2D eigenvalue weighted by Crippen LogP contribution is 2.34. The molecule has 1 unspecified atom stereocenters. The Balaban J connectivity index is 1.91. The van der Waals surface area contributed by atoms with Crippen LogP contribution in [0.2, 0.25) is 0 Å². The van der Waals surface area contributed by atoms with E-state index in [9.17, 15) is 12.8 Å². The number of aromatic nitrogens is 1. The number of benzene rings is 3. The average molecular weight is 422 g/mol. The number of halogens is 1. The first-order valence-electron chi connectivity index (χ1n) is 9.26. The Bertz CT molecular complexity index is 1280. The Labute approximate surface area is 173 Å². The maximum atomic E-state index is 13.3. The van der Waals surface area contributed by atoms with E-state index < -0.39 is 21.7 Å². The topological polar surface area (TPSA) is 86.2 Å². The summed E-state index contributed by atoms with van der Waals surface area (Å²) in [4.78, 5) is 4.43. The molecule has 0 saturated heterocycles. The molecule has 30 heavy (non-hydrogen) atoms. The van der Waals surface area contributed by atoms with Crippen molar-refractivity contribution in [3.05, 3.63) is 102 Å². The molecule has 5 nitrogen and oxygen atoms in total. The van der Waals surface area contributed by atoms with E-state index in [1.54, 1.807) is 24.3 Å². The van der Waals surface area contributed by atoms with Crippen molar-refractivity contribution in [3.63, 3.8) is 0 Å². The Morgan fingerprint density at radius 1 is 0.933 bits per heavy atom. The van der Waals surface area contributed by atoms with Crippen molar-refractivity contribution in [1.82, 2.24) is 4.98 Å². The van der Waals surface area contributed by atoms with Crippen molar-refractivity contribution in [2.45, 2.75) is 22.9 Å². The first-order valence-corrected chi connectivity index (χ1v) is 10.7. The van der Waals surface area contributed by atoms with Gasteiger partial charge in [0.05, 0.1) is 10.9 Å². The van der Waals surface area contributed by atoms with E-state index in [1.807, 2.05) is 25.1 Å². The van der Waals surface area contributed by atoms with Gasteiger partial charge in [0.2, 0.25) is 20.8 Å². The zero-order valence-corrected chi connectivity index (χ0v) is 16.9. The summed E-state index contributed by atoms with van der Waals surface area (Å²) in [7, 11) is -3.99. The second-order valence-corrected chi connectivity index (χ2v) is 8.71. The van der Waals surface area contributed by atoms with Crippen LogP contribution in [0, 0.1) is 12.7 Å². The molecule has 4 aromatic rings. The summed E-state index contributed by atoms with van der Waals surface area (Å²) in [5.74, 6) is -0.250. The normalized spacial score (nSPS) is 12.6. The van der Waals surface area contributed by atoms with Gasteiger partial charge in [-0.2, -0.15) is 4.98 Å². The molecule has 1 atom stereocenters. The zero-order valence-electron chi connectivity index (χ0n) is 16.1. The van der Waals surface area contributed by atoms with E-state index in [2.05, 4.69) is 4.98 Å². The van der Waals surface area contributed by atoms with Crippen LogP contribution < -0.4 is 5.73 Å². The smallest absolute Gasteiger partial charge is 0.227 e. The molecule has 0 aliphatic heterocycles. The summed E-state index contributed by atoms with van der Waals surface area (Å²) in [6.07, 6.45) is 0. The summed E-state index contributed by atoms with van der Waals surface area (Å²) in [6.45, 7) is 1.88. The van der Waals surface area contributed by atoms with Crippen LogP contribution in [0.1, 0.15) is 22.9 Å². The van der Waals surface area contributed by atoms with Gasteiger partial charge < -0.3 is 10.2 Å². The van der Waals surface area contributed by atoms with Gasteiger partial charge in [0.1, 0.15) is 5.82 Å². The highest BCUT2D eigenvalue weighted by atomic mass is 32.2. The van der Waals surface area contributed by atoms with Crippen LogP contribution in [0.25, 0.3) is 11.5 Å². The average Bonchev–Trinajstić information content (AvgIpc) is 3.21. The van der Waals surface area contributed by atoms with Crippen LogP contribution in [-0.2, 0) is 9.84 Å². The van der Waals surface area contributed by atoms with Gasteiger partial charge in [0, 0.05) is 5.56 Å². The first kappa shape index (κ1) is 20.0. The molecule has 0 aliphatic carbocycles. The summed E-state index contributed by atoms with van der Waals surface area (Å²) in [5.41, 5.74) is 8.40. The highest BCUT2D eigenvalue weighted by molar-refractivity contribution is 7.91. The quantitative estimate of drug-likeness (QED) is 0.505. The lowest BCUT2D eigenvalue weighted by molar-refractivity contribution is 0.486. The minimum Gasteiger partial charge on any atom is -0.438 e. The minimum absolute atomic E-state index is 0.00344. The molecule has 0 aliphatic rings. The maximum absolute atomic E-state index is 13.3. The minimum atomic E-state index is -3.99. The van der Waals surface area contributed by atoms with Crippen LogP contribution in [0.4, 0.5) is 4.39 Å². The van der Waals surface area contributed by atoms with E-state index in [0.29, 0.717) is 11.1 Å². The second-order valence-electron chi connectivity index (χ2n) is 6.85. The third-order valence-electron chi connectivity index (χ3n) is 4.82. The molecule has 1 aromatic heterocycles. The van der Waals surface area contributed by atoms with Crippen LogP contribution >= 0.6 is 0 Å². The van der Waals surface area contributed by atoms with Crippen molar-refractivity contribution in [2.75, 3.05) is 0 Å². The largest absolute Gasteiger partial charge is 0.438 e. The highest BCUT2D eigenvalue weighted by Gasteiger charge is 2.32. The predicted octanol–water partition coefficient (Wildman–Crippen LogP) is 4.67. The number of rotatable bonds is 5. The molecule has 0 bridgehead atoms. The van der Waals surface area contributed by atoms with Gasteiger partial charge in [-0.05, 0) is 48.4 Å². The van der Waals surface area contributed by atoms with Crippen molar-refractivity contribution < 1.29 is 17.2 Å². The van der Waals surface area contributed by atoms with E-state index in [1.165, 1.54) is 36.4 Å². The van der Waals surface area contributed by atoms with Gasteiger partial charge in [0.15, 0.2) is 5.76 Å². The molecule has 7 heteroatoms. The molecule has 0 saturated carbocycles. The Morgan fingerprint density at radius 2 is 1.57 bits per heavy atom. The Morgan fingerprint density at radius 3 is 2.23 bits per heavy atom. The Kier molecular flexibility index (Phi) is 5.24. The predicted molar refractivity (Wildman–Crippen MR) is 111 cm³/mol. The van der Waals surface area contributed by atoms with E-state index in [0.717, 1.165) is 5.56 Å². The van der Waals surface area contributed by atoms with Crippen LogP contribution in [0.5, 0.6) is 0 Å². The molecule has 3 aromatic carbocycles. The molecular formula is C23H19FN2O3S. The summed E-state index contributed by atoms with van der Waals surface area (Å²) < 4.78 is 45.9.